The van der Waals surface area contributed by atoms with E-state index in [1.165, 1.54) is 23.1 Å². The SMILES string of the molecule is CN(C)c1c(C(=O)Cl)cccc1[N+](=O)[O-]. The molecule has 5 nitrogen and oxygen atoms in total. The van der Waals surface area contributed by atoms with Gasteiger partial charge in [-0.1, -0.05) is 6.07 Å². The lowest BCUT2D eigenvalue weighted by atomic mass is 10.1. The first-order chi connectivity index (χ1) is 6.95. The Bertz CT molecular complexity index is 386. The molecule has 0 unspecified atom stereocenters. The smallest absolute Gasteiger partial charge is 0.293 e. The monoisotopic (exact) mass is 228 g/mol. The van der Waals surface area contributed by atoms with E-state index in [1.54, 1.807) is 14.1 Å². The molecule has 15 heavy (non-hydrogen) atoms. The van der Waals surface area contributed by atoms with E-state index >= 15 is 0 Å². The second kappa shape index (κ2) is 4.27. The van der Waals surface area contributed by atoms with Gasteiger partial charge in [-0.05, 0) is 17.7 Å². The van der Waals surface area contributed by atoms with Gasteiger partial charge in [-0.2, -0.15) is 0 Å². The Morgan fingerprint density at radius 2 is 2.07 bits per heavy atom. The lowest BCUT2D eigenvalue weighted by Crippen LogP contribution is -2.14. The molecule has 1 aromatic rings. The fraction of sp³-hybridized carbons (Fsp3) is 0.222. The number of para-hydroxylation sites is 1. The predicted molar refractivity (Wildman–Crippen MR) is 57.6 cm³/mol. The highest BCUT2D eigenvalue weighted by molar-refractivity contribution is 6.68. The summed E-state index contributed by atoms with van der Waals surface area (Å²) < 4.78 is 0. The number of hydrogen-bond donors (Lipinski definition) is 0. The highest BCUT2D eigenvalue weighted by atomic mass is 35.5. The third kappa shape index (κ3) is 2.24. The van der Waals surface area contributed by atoms with Crippen molar-refractivity contribution in [1.82, 2.24) is 0 Å². The molecule has 80 valence electrons. The number of carbonyl (C=O) groups excluding carboxylic acids is 1. The number of benzene rings is 1. The van der Waals surface area contributed by atoms with Crippen LogP contribution in [0, 0.1) is 10.1 Å². The van der Waals surface area contributed by atoms with Crippen molar-refractivity contribution in [2.75, 3.05) is 19.0 Å². The number of nitro groups is 1. The minimum Gasteiger partial charge on any atom is -0.371 e. The molecule has 6 heteroatoms. The van der Waals surface area contributed by atoms with Gasteiger partial charge in [0.15, 0.2) is 0 Å². The summed E-state index contributed by atoms with van der Waals surface area (Å²) in [5, 5.41) is 10.0. The van der Waals surface area contributed by atoms with Crippen LogP contribution in [0.5, 0.6) is 0 Å². The Labute approximate surface area is 91.4 Å². The van der Waals surface area contributed by atoms with Crippen molar-refractivity contribution in [2.45, 2.75) is 0 Å². The van der Waals surface area contributed by atoms with Crippen LogP contribution in [0.1, 0.15) is 10.4 Å². The van der Waals surface area contributed by atoms with E-state index in [0.717, 1.165) is 0 Å². The van der Waals surface area contributed by atoms with Crippen molar-refractivity contribution in [3.63, 3.8) is 0 Å². The van der Waals surface area contributed by atoms with E-state index < -0.39 is 10.2 Å². The van der Waals surface area contributed by atoms with Crippen LogP contribution in [0.4, 0.5) is 11.4 Å². The predicted octanol–water partition coefficient (Wildman–Crippen LogP) is 2.04. The maximum absolute atomic E-state index is 11.1. The highest BCUT2D eigenvalue weighted by Crippen LogP contribution is 2.31. The molecule has 0 bridgehead atoms. The van der Waals surface area contributed by atoms with Crippen molar-refractivity contribution in [2.24, 2.45) is 0 Å². The molecule has 0 aliphatic rings. The zero-order valence-electron chi connectivity index (χ0n) is 8.23. The maximum Gasteiger partial charge on any atom is 0.293 e. The third-order valence-electron chi connectivity index (χ3n) is 1.87. The van der Waals surface area contributed by atoms with Gasteiger partial charge >= 0.3 is 0 Å². The van der Waals surface area contributed by atoms with Gasteiger partial charge in [-0.15, -0.1) is 0 Å². The first kappa shape index (κ1) is 11.5. The van der Waals surface area contributed by atoms with E-state index in [2.05, 4.69) is 0 Å². The van der Waals surface area contributed by atoms with E-state index in [9.17, 15) is 14.9 Å². The molecule has 0 fully saturated rings. The van der Waals surface area contributed by atoms with Gasteiger partial charge in [0.05, 0.1) is 10.5 Å². The quantitative estimate of drug-likeness (QED) is 0.451. The summed E-state index contributed by atoms with van der Waals surface area (Å²) in [7, 11) is 3.23. The van der Waals surface area contributed by atoms with Gasteiger partial charge in [0, 0.05) is 20.2 Å². The van der Waals surface area contributed by atoms with Gasteiger partial charge in [0.25, 0.3) is 10.9 Å². The van der Waals surface area contributed by atoms with Crippen LogP contribution in [0.2, 0.25) is 0 Å². The average Bonchev–Trinajstić information content (AvgIpc) is 2.16. The van der Waals surface area contributed by atoms with E-state index in [4.69, 9.17) is 11.6 Å². The number of halogens is 1. The fourth-order valence-electron chi connectivity index (χ4n) is 1.31. The minimum atomic E-state index is -0.706. The van der Waals surface area contributed by atoms with Crippen molar-refractivity contribution in [3.05, 3.63) is 33.9 Å². The average molecular weight is 229 g/mol. The Kier molecular flexibility index (Phi) is 3.26. The second-order valence-corrected chi connectivity index (χ2v) is 3.44. The Morgan fingerprint density at radius 1 is 1.47 bits per heavy atom. The number of hydrogen-bond acceptors (Lipinski definition) is 4. The van der Waals surface area contributed by atoms with Crippen LogP contribution < -0.4 is 4.90 Å². The van der Waals surface area contributed by atoms with Gasteiger partial charge in [-0.25, -0.2) is 0 Å². The summed E-state index contributed by atoms with van der Waals surface area (Å²) >= 11 is 5.34. The number of carbonyl (C=O) groups is 1. The van der Waals surface area contributed by atoms with Crippen molar-refractivity contribution in [3.8, 4) is 0 Å². The van der Waals surface area contributed by atoms with Crippen molar-refractivity contribution < 1.29 is 9.72 Å². The summed E-state index contributed by atoms with van der Waals surface area (Å²) in [6, 6.07) is 4.22. The molecule has 0 N–H and O–H groups in total. The summed E-state index contributed by atoms with van der Waals surface area (Å²) in [4.78, 5) is 22.7. The van der Waals surface area contributed by atoms with Crippen LogP contribution >= 0.6 is 11.6 Å². The number of nitro benzene ring substituents is 1. The van der Waals surface area contributed by atoms with E-state index in [-0.39, 0.29) is 16.9 Å². The largest absolute Gasteiger partial charge is 0.371 e. The lowest BCUT2D eigenvalue weighted by molar-refractivity contribution is -0.384. The molecule has 0 aliphatic carbocycles. The molecule has 0 radical (unpaired) electrons. The van der Waals surface area contributed by atoms with Gasteiger partial charge in [0.1, 0.15) is 5.69 Å². The minimum absolute atomic E-state index is 0.133. The molecule has 1 aromatic carbocycles. The van der Waals surface area contributed by atoms with Crippen LogP contribution in [0.15, 0.2) is 18.2 Å². The maximum atomic E-state index is 11.1. The van der Waals surface area contributed by atoms with Crippen molar-refractivity contribution >= 4 is 28.2 Å². The first-order valence-electron chi connectivity index (χ1n) is 4.09. The molecule has 0 spiro atoms. The standard InChI is InChI=1S/C9H9ClN2O3/c1-11(2)8-6(9(10)13)4-3-5-7(8)12(14)15/h3-5H,1-2H3. The van der Waals surface area contributed by atoms with E-state index in [0.29, 0.717) is 0 Å². The Hall–Kier alpha value is -1.62. The molecule has 0 aliphatic heterocycles. The van der Waals surface area contributed by atoms with Gasteiger partial charge < -0.3 is 4.90 Å². The molecular weight excluding hydrogens is 220 g/mol. The molecular formula is C9H9ClN2O3. The molecule has 0 heterocycles. The number of nitrogens with zero attached hydrogens (tertiary/aromatic N) is 2. The molecule has 0 atom stereocenters. The fourth-order valence-corrected chi connectivity index (χ4v) is 1.46. The highest BCUT2D eigenvalue weighted by Gasteiger charge is 2.21. The first-order valence-corrected chi connectivity index (χ1v) is 4.47. The zero-order valence-corrected chi connectivity index (χ0v) is 8.99. The molecule has 0 aromatic heterocycles. The molecule has 1 rings (SSSR count). The lowest BCUT2D eigenvalue weighted by Gasteiger charge is -2.15. The van der Waals surface area contributed by atoms with Crippen LogP contribution in [-0.4, -0.2) is 24.3 Å². The molecule has 0 amide bonds. The summed E-state index contributed by atoms with van der Waals surface area (Å²) in [5.41, 5.74) is 0.227. The Morgan fingerprint density at radius 3 is 2.47 bits per heavy atom. The number of anilines is 1. The molecule has 0 saturated carbocycles. The summed E-state index contributed by atoms with van der Waals surface area (Å²) in [6.45, 7) is 0. The summed E-state index contributed by atoms with van der Waals surface area (Å²) in [5.74, 6) is 0. The third-order valence-corrected chi connectivity index (χ3v) is 2.07. The number of rotatable bonds is 3. The van der Waals surface area contributed by atoms with Crippen molar-refractivity contribution in [1.29, 1.82) is 0 Å². The zero-order chi connectivity index (χ0) is 11.6. The Balaban J connectivity index is 3.48. The van der Waals surface area contributed by atoms with Crippen LogP contribution in [0.25, 0.3) is 0 Å². The van der Waals surface area contributed by atoms with Crippen LogP contribution in [-0.2, 0) is 0 Å². The van der Waals surface area contributed by atoms with Gasteiger partial charge in [0.2, 0.25) is 0 Å². The summed E-state index contributed by atoms with van der Waals surface area (Å²) in [6.07, 6.45) is 0. The second-order valence-electron chi connectivity index (χ2n) is 3.10. The normalized spacial score (nSPS) is 9.80. The van der Waals surface area contributed by atoms with Gasteiger partial charge in [-0.3, -0.25) is 14.9 Å². The molecule has 0 saturated heterocycles. The van der Waals surface area contributed by atoms with Crippen LogP contribution in [0.3, 0.4) is 0 Å². The van der Waals surface area contributed by atoms with E-state index in [1.807, 2.05) is 0 Å². The topological polar surface area (TPSA) is 63.5 Å².